The van der Waals surface area contributed by atoms with Gasteiger partial charge in [-0.25, -0.2) is 13.1 Å². The van der Waals surface area contributed by atoms with Crippen molar-refractivity contribution in [2.24, 2.45) is 11.8 Å². The first-order chi connectivity index (χ1) is 5.80. The number of hydrogen-bond acceptors (Lipinski definition) is 3. The summed E-state index contributed by atoms with van der Waals surface area (Å²) < 4.78 is 24.5. The van der Waals surface area contributed by atoms with E-state index in [2.05, 4.69) is 4.72 Å². The average molecular weight is 207 g/mol. The maximum Gasteiger partial charge on any atom is 0.211 e. The minimum atomic E-state index is -3.20. The molecule has 0 aromatic carbocycles. The Labute approximate surface area is 79.8 Å². The summed E-state index contributed by atoms with van der Waals surface area (Å²) in [5.41, 5.74) is 0. The van der Waals surface area contributed by atoms with Crippen LogP contribution in [0.5, 0.6) is 0 Å². The lowest BCUT2D eigenvalue weighted by molar-refractivity contribution is -0.121. The third-order valence-corrected chi connectivity index (χ3v) is 3.87. The van der Waals surface area contributed by atoms with Crippen molar-refractivity contribution in [2.45, 2.75) is 20.8 Å². The third kappa shape index (κ3) is 4.38. The topological polar surface area (TPSA) is 63.2 Å². The predicted molar refractivity (Wildman–Crippen MR) is 51.9 cm³/mol. The molecule has 2 atom stereocenters. The molecule has 0 spiro atoms. The molecule has 1 N–H and O–H groups in total. The number of Topliss-reactive ketones (excluding diaryl/α,β-unsaturated/α-hetero) is 1. The highest BCUT2D eigenvalue weighted by Gasteiger charge is 2.21. The lowest BCUT2D eigenvalue weighted by Gasteiger charge is -2.16. The summed E-state index contributed by atoms with van der Waals surface area (Å²) in [7, 11) is -1.82. The molecule has 0 fully saturated rings. The van der Waals surface area contributed by atoms with Crippen molar-refractivity contribution in [2.75, 3.05) is 12.8 Å². The second-order valence-corrected chi connectivity index (χ2v) is 5.33. The maximum atomic E-state index is 11.1. The Hall–Kier alpha value is -0.420. The van der Waals surface area contributed by atoms with Crippen LogP contribution in [0.25, 0.3) is 0 Å². The van der Waals surface area contributed by atoms with E-state index in [4.69, 9.17) is 0 Å². The van der Waals surface area contributed by atoms with Crippen molar-refractivity contribution in [3.05, 3.63) is 0 Å². The van der Waals surface area contributed by atoms with Crippen molar-refractivity contribution in [3.8, 4) is 0 Å². The first-order valence-electron chi connectivity index (χ1n) is 4.22. The van der Waals surface area contributed by atoms with Gasteiger partial charge in [-0.15, -0.1) is 0 Å². The molecule has 13 heavy (non-hydrogen) atoms. The molecule has 0 saturated carbocycles. The molecule has 0 aliphatic heterocycles. The van der Waals surface area contributed by atoms with E-state index in [-0.39, 0.29) is 23.4 Å². The monoisotopic (exact) mass is 207 g/mol. The molecule has 0 aromatic heterocycles. The number of carbonyl (C=O) groups is 1. The third-order valence-electron chi connectivity index (χ3n) is 2.29. The highest BCUT2D eigenvalue weighted by atomic mass is 32.2. The van der Waals surface area contributed by atoms with Crippen molar-refractivity contribution >= 4 is 15.8 Å². The molecule has 5 heteroatoms. The maximum absolute atomic E-state index is 11.1. The van der Waals surface area contributed by atoms with Gasteiger partial charge in [-0.1, -0.05) is 13.8 Å². The van der Waals surface area contributed by atoms with E-state index < -0.39 is 10.0 Å². The molecule has 0 heterocycles. The molecule has 0 rings (SSSR count). The van der Waals surface area contributed by atoms with E-state index in [1.807, 2.05) is 0 Å². The van der Waals surface area contributed by atoms with Gasteiger partial charge in [0.2, 0.25) is 10.0 Å². The lowest BCUT2D eigenvalue weighted by Crippen LogP contribution is -2.30. The Morgan fingerprint density at radius 3 is 2.15 bits per heavy atom. The Bertz CT molecular complexity index is 271. The number of rotatable bonds is 5. The number of sulfonamides is 1. The summed E-state index contributed by atoms with van der Waals surface area (Å²) in [4.78, 5) is 10.9. The molecule has 0 radical (unpaired) electrons. The van der Waals surface area contributed by atoms with Gasteiger partial charge < -0.3 is 0 Å². The van der Waals surface area contributed by atoms with Gasteiger partial charge in [0, 0.05) is 5.92 Å². The van der Waals surface area contributed by atoms with E-state index in [0.29, 0.717) is 0 Å². The van der Waals surface area contributed by atoms with Gasteiger partial charge in [0.15, 0.2) is 0 Å². The first-order valence-corrected chi connectivity index (χ1v) is 5.87. The molecular weight excluding hydrogens is 190 g/mol. The molecular formula is C8H17NO3S. The fraction of sp³-hybridized carbons (Fsp3) is 0.875. The molecule has 0 aliphatic carbocycles. The highest BCUT2D eigenvalue weighted by Crippen LogP contribution is 2.13. The summed E-state index contributed by atoms with van der Waals surface area (Å²) in [5.74, 6) is -0.318. The average Bonchev–Trinajstić information content (AvgIpc) is 2.02. The second kappa shape index (κ2) is 4.72. The van der Waals surface area contributed by atoms with E-state index in [1.54, 1.807) is 13.8 Å². The summed E-state index contributed by atoms with van der Waals surface area (Å²) in [6.07, 6.45) is 0. The van der Waals surface area contributed by atoms with Gasteiger partial charge >= 0.3 is 0 Å². The minimum Gasteiger partial charge on any atom is -0.300 e. The van der Waals surface area contributed by atoms with Crippen LogP contribution >= 0.6 is 0 Å². The minimum absolute atomic E-state index is 0.00421. The molecule has 4 nitrogen and oxygen atoms in total. The zero-order valence-electron chi connectivity index (χ0n) is 8.49. The van der Waals surface area contributed by atoms with E-state index in [1.165, 1.54) is 14.0 Å². The molecule has 0 saturated heterocycles. The van der Waals surface area contributed by atoms with E-state index >= 15 is 0 Å². The van der Waals surface area contributed by atoms with Gasteiger partial charge in [-0.3, -0.25) is 4.79 Å². The Morgan fingerprint density at radius 2 is 1.85 bits per heavy atom. The number of ketones is 1. The zero-order valence-corrected chi connectivity index (χ0v) is 9.31. The SMILES string of the molecule is CNS(=O)(=O)CC(C)C(C)C(C)=O. The lowest BCUT2D eigenvalue weighted by atomic mass is 9.94. The Balaban J connectivity index is 4.31. The van der Waals surface area contributed by atoms with Gasteiger partial charge in [0.25, 0.3) is 0 Å². The van der Waals surface area contributed by atoms with Crippen LogP contribution in [0.15, 0.2) is 0 Å². The zero-order chi connectivity index (χ0) is 10.6. The van der Waals surface area contributed by atoms with Crippen LogP contribution in [0.2, 0.25) is 0 Å². The molecule has 78 valence electrons. The molecule has 2 unspecified atom stereocenters. The summed E-state index contributed by atoms with van der Waals surface area (Å²) in [6.45, 7) is 4.99. The standard InChI is InChI=1S/C8H17NO3S/c1-6(7(2)8(3)10)5-13(11,12)9-4/h6-7,9H,5H2,1-4H3. The molecule has 0 aliphatic rings. The van der Waals surface area contributed by atoms with E-state index in [9.17, 15) is 13.2 Å². The fourth-order valence-electron chi connectivity index (χ4n) is 0.974. The number of hydrogen-bond donors (Lipinski definition) is 1. The largest absolute Gasteiger partial charge is 0.300 e. The number of nitrogens with one attached hydrogen (secondary N) is 1. The van der Waals surface area contributed by atoms with Gasteiger partial charge in [-0.2, -0.15) is 0 Å². The van der Waals surface area contributed by atoms with Crippen LogP contribution in [-0.4, -0.2) is 27.0 Å². The van der Waals surface area contributed by atoms with Crippen LogP contribution in [0, 0.1) is 11.8 Å². The van der Waals surface area contributed by atoms with Crippen molar-refractivity contribution in [3.63, 3.8) is 0 Å². The predicted octanol–water partition coefficient (Wildman–Crippen LogP) is 0.397. The molecule has 0 amide bonds. The smallest absolute Gasteiger partial charge is 0.211 e. The fourth-order valence-corrected chi connectivity index (χ4v) is 2.12. The van der Waals surface area contributed by atoms with Crippen molar-refractivity contribution < 1.29 is 13.2 Å². The summed E-state index contributed by atoms with van der Waals surface area (Å²) in [5, 5.41) is 0. The normalized spacial score (nSPS) is 16.6. The van der Waals surface area contributed by atoms with Crippen molar-refractivity contribution in [1.82, 2.24) is 4.72 Å². The summed E-state index contributed by atoms with van der Waals surface area (Å²) >= 11 is 0. The van der Waals surface area contributed by atoms with Crippen LogP contribution in [-0.2, 0) is 14.8 Å². The van der Waals surface area contributed by atoms with E-state index in [0.717, 1.165) is 0 Å². The summed E-state index contributed by atoms with van der Waals surface area (Å²) in [6, 6.07) is 0. The molecule has 0 bridgehead atoms. The van der Waals surface area contributed by atoms with Crippen LogP contribution in [0.3, 0.4) is 0 Å². The second-order valence-electron chi connectivity index (χ2n) is 3.36. The highest BCUT2D eigenvalue weighted by molar-refractivity contribution is 7.89. The van der Waals surface area contributed by atoms with Gasteiger partial charge in [0.1, 0.15) is 5.78 Å². The van der Waals surface area contributed by atoms with Gasteiger partial charge in [0.05, 0.1) is 5.75 Å². The van der Waals surface area contributed by atoms with Crippen LogP contribution in [0.4, 0.5) is 0 Å². The van der Waals surface area contributed by atoms with Crippen LogP contribution in [0.1, 0.15) is 20.8 Å². The van der Waals surface area contributed by atoms with Crippen LogP contribution < -0.4 is 4.72 Å². The Morgan fingerprint density at radius 1 is 1.38 bits per heavy atom. The van der Waals surface area contributed by atoms with Crippen molar-refractivity contribution in [1.29, 1.82) is 0 Å². The Kier molecular flexibility index (Phi) is 4.56. The number of carbonyl (C=O) groups excluding carboxylic acids is 1. The van der Waals surface area contributed by atoms with Gasteiger partial charge in [-0.05, 0) is 19.9 Å². The first kappa shape index (κ1) is 12.6. The molecule has 0 aromatic rings. The quantitative estimate of drug-likeness (QED) is 0.709.